The van der Waals surface area contributed by atoms with Gasteiger partial charge in [-0.25, -0.2) is 0 Å². The van der Waals surface area contributed by atoms with E-state index in [1.165, 1.54) is 0 Å². The van der Waals surface area contributed by atoms with Crippen LogP contribution in [0.1, 0.15) is 38.7 Å². The van der Waals surface area contributed by atoms with E-state index in [4.69, 9.17) is 4.74 Å². The molecular weight excluding hydrogens is 254 g/mol. The Hall–Kier alpha value is -1.55. The number of carbonyl (C=O) groups is 1. The lowest BCUT2D eigenvalue weighted by Gasteiger charge is -2.19. The first-order valence-corrected chi connectivity index (χ1v) is 7.26. The molecule has 0 aliphatic carbocycles. The molecule has 2 atom stereocenters. The Kier molecular flexibility index (Phi) is 7.09. The van der Waals surface area contributed by atoms with Crippen molar-refractivity contribution in [1.29, 1.82) is 0 Å². The lowest BCUT2D eigenvalue weighted by atomic mass is 10.2. The summed E-state index contributed by atoms with van der Waals surface area (Å²) in [6.45, 7) is 6.27. The number of benzene rings is 1. The van der Waals surface area contributed by atoms with E-state index < -0.39 is 6.10 Å². The first-order valence-electron chi connectivity index (χ1n) is 7.26. The maximum absolute atomic E-state index is 12.0. The number of amides is 1. The van der Waals surface area contributed by atoms with Gasteiger partial charge >= 0.3 is 0 Å². The molecule has 0 saturated carbocycles. The van der Waals surface area contributed by atoms with E-state index in [1.807, 2.05) is 45.0 Å². The number of para-hydroxylation sites is 1. The SMILES string of the molecule is CCC(O)CCNC(=O)C(CC)Oc1ccccc1C. The fraction of sp³-hybridized carbons (Fsp3) is 0.562. The number of aliphatic hydroxyl groups excluding tert-OH is 1. The van der Waals surface area contributed by atoms with Crippen molar-refractivity contribution in [2.45, 2.75) is 52.2 Å². The lowest BCUT2D eigenvalue weighted by Crippen LogP contribution is -2.39. The zero-order valence-corrected chi connectivity index (χ0v) is 12.6. The molecule has 0 aromatic heterocycles. The van der Waals surface area contributed by atoms with Crippen LogP contribution in [0.25, 0.3) is 0 Å². The van der Waals surface area contributed by atoms with Crippen LogP contribution in [0.4, 0.5) is 0 Å². The third kappa shape index (κ3) is 5.21. The van der Waals surface area contributed by atoms with Gasteiger partial charge in [-0.1, -0.05) is 32.0 Å². The predicted octanol–water partition coefficient (Wildman–Crippen LogP) is 2.43. The highest BCUT2D eigenvalue weighted by Gasteiger charge is 2.18. The maximum Gasteiger partial charge on any atom is 0.261 e. The number of rotatable bonds is 8. The van der Waals surface area contributed by atoms with Crippen molar-refractivity contribution in [3.05, 3.63) is 29.8 Å². The van der Waals surface area contributed by atoms with E-state index in [1.54, 1.807) is 0 Å². The third-order valence-corrected chi connectivity index (χ3v) is 3.27. The summed E-state index contributed by atoms with van der Waals surface area (Å²) in [5, 5.41) is 12.3. The molecule has 1 aromatic rings. The Balaban J connectivity index is 2.49. The van der Waals surface area contributed by atoms with Gasteiger partial charge < -0.3 is 15.2 Å². The molecule has 1 rings (SSSR count). The Morgan fingerprint density at radius 1 is 1.30 bits per heavy atom. The van der Waals surface area contributed by atoms with Crippen molar-refractivity contribution >= 4 is 5.91 Å². The highest BCUT2D eigenvalue weighted by molar-refractivity contribution is 5.81. The van der Waals surface area contributed by atoms with Crippen molar-refractivity contribution in [2.24, 2.45) is 0 Å². The molecule has 0 aliphatic rings. The number of hydrogen-bond donors (Lipinski definition) is 2. The van der Waals surface area contributed by atoms with Crippen LogP contribution in [0.15, 0.2) is 24.3 Å². The minimum Gasteiger partial charge on any atom is -0.480 e. The number of aliphatic hydroxyl groups is 1. The fourth-order valence-electron chi connectivity index (χ4n) is 1.84. The summed E-state index contributed by atoms with van der Waals surface area (Å²) in [4.78, 5) is 12.0. The van der Waals surface area contributed by atoms with E-state index in [9.17, 15) is 9.90 Å². The van der Waals surface area contributed by atoms with Crippen molar-refractivity contribution < 1.29 is 14.6 Å². The van der Waals surface area contributed by atoms with Crippen LogP contribution in [0.5, 0.6) is 5.75 Å². The molecule has 0 heterocycles. The van der Waals surface area contributed by atoms with Crippen molar-refractivity contribution in [3.8, 4) is 5.75 Å². The first kappa shape index (κ1) is 16.5. The number of carbonyl (C=O) groups excluding carboxylic acids is 1. The largest absolute Gasteiger partial charge is 0.480 e. The summed E-state index contributed by atoms with van der Waals surface area (Å²) in [6, 6.07) is 7.66. The standard InChI is InChI=1S/C16H25NO3/c1-4-13(18)10-11-17-16(19)14(5-2)20-15-9-7-6-8-12(15)3/h6-9,13-14,18H,4-5,10-11H2,1-3H3,(H,17,19). The Morgan fingerprint density at radius 3 is 2.60 bits per heavy atom. The summed E-state index contributed by atoms with van der Waals surface area (Å²) in [6.07, 6.45) is 1.04. The van der Waals surface area contributed by atoms with E-state index in [0.717, 1.165) is 11.3 Å². The molecule has 0 aliphatic heterocycles. The highest BCUT2D eigenvalue weighted by atomic mass is 16.5. The van der Waals surface area contributed by atoms with Gasteiger partial charge in [0.05, 0.1) is 6.10 Å². The normalized spacial score (nSPS) is 13.6. The average Bonchev–Trinajstić information content (AvgIpc) is 2.46. The molecule has 0 radical (unpaired) electrons. The average molecular weight is 279 g/mol. The topological polar surface area (TPSA) is 58.6 Å². The van der Waals surface area contributed by atoms with Crippen LogP contribution in [-0.4, -0.2) is 29.8 Å². The van der Waals surface area contributed by atoms with Gasteiger partial charge in [0, 0.05) is 6.54 Å². The molecule has 1 aromatic carbocycles. The molecule has 4 heteroatoms. The third-order valence-electron chi connectivity index (χ3n) is 3.27. The Bertz CT molecular complexity index is 420. The quantitative estimate of drug-likeness (QED) is 0.768. The molecule has 0 saturated heterocycles. The summed E-state index contributed by atoms with van der Waals surface area (Å²) in [7, 11) is 0. The van der Waals surface area contributed by atoms with Crippen LogP contribution < -0.4 is 10.1 Å². The number of hydrogen-bond acceptors (Lipinski definition) is 3. The lowest BCUT2D eigenvalue weighted by molar-refractivity contribution is -0.128. The zero-order chi connectivity index (χ0) is 15.0. The first-order chi connectivity index (χ1) is 9.58. The molecule has 0 bridgehead atoms. The Morgan fingerprint density at radius 2 is 2.00 bits per heavy atom. The molecule has 2 N–H and O–H groups in total. The van der Waals surface area contributed by atoms with Crippen LogP contribution in [0, 0.1) is 6.92 Å². The van der Waals surface area contributed by atoms with Crippen LogP contribution in [0.3, 0.4) is 0 Å². The number of ether oxygens (including phenoxy) is 1. The van der Waals surface area contributed by atoms with Gasteiger partial charge in [0.1, 0.15) is 5.75 Å². The van der Waals surface area contributed by atoms with E-state index >= 15 is 0 Å². The minimum atomic E-state index is -0.491. The van der Waals surface area contributed by atoms with Crippen molar-refractivity contribution in [1.82, 2.24) is 5.32 Å². The smallest absolute Gasteiger partial charge is 0.261 e. The highest BCUT2D eigenvalue weighted by Crippen LogP contribution is 2.18. The van der Waals surface area contributed by atoms with Gasteiger partial charge in [-0.05, 0) is 37.8 Å². The number of nitrogens with one attached hydrogen (secondary N) is 1. The van der Waals surface area contributed by atoms with Crippen LogP contribution in [0.2, 0.25) is 0 Å². The van der Waals surface area contributed by atoms with E-state index in [-0.39, 0.29) is 12.0 Å². The van der Waals surface area contributed by atoms with Gasteiger partial charge in [-0.3, -0.25) is 4.79 Å². The van der Waals surface area contributed by atoms with Crippen LogP contribution >= 0.6 is 0 Å². The molecule has 4 nitrogen and oxygen atoms in total. The van der Waals surface area contributed by atoms with Crippen molar-refractivity contribution in [3.63, 3.8) is 0 Å². The van der Waals surface area contributed by atoms with Gasteiger partial charge in [0.15, 0.2) is 6.10 Å². The predicted molar refractivity (Wildman–Crippen MR) is 79.8 cm³/mol. The van der Waals surface area contributed by atoms with Crippen LogP contribution in [-0.2, 0) is 4.79 Å². The second-order valence-corrected chi connectivity index (χ2v) is 4.92. The molecule has 0 spiro atoms. The number of aryl methyl sites for hydroxylation is 1. The van der Waals surface area contributed by atoms with Gasteiger partial charge in [0.2, 0.25) is 0 Å². The second-order valence-electron chi connectivity index (χ2n) is 4.92. The Labute approximate surface area is 121 Å². The van der Waals surface area contributed by atoms with Gasteiger partial charge in [-0.15, -0.1) is 0 Å². The van der Waals surface area contributed by atoms with Crippen molar-refractivity contribution in [2.75, 3.05) is 6.54 Å². The molecule has 112 valence electrons. The minimum absolute atomic E-state index is 0.126. The monoisotopic (exact) mass is 279 g/mol. The maximum atomic E-state index is 12.0. The molecule has 0 fully saturated rings. The fourth-order valence-corrected chi connectivity index (χ4v) is 1.84. The van der Waals surface area contributed by atoms with E-state index in [2.05, 4.69) is 5.32 Å². The van der Waals surface area contributed by atoms with Gasteiger partial charge in [0.25, 0.3) is 5.91 Å². The summed E-state index contributed by atoms with van der Waals surface area (Å²) >= 11 is 0. The van der Waals surface area contributed by atoms with Gasteiger partial charge in [-0.2, -0.15) is 0 Å². The summed E-state index contributed by atoms with van der Waals surface area (Å²) in [5.74, 6) is 0.613. The second kappa shape index (κ2) is 8.59. The molecule has 20 heavy (non-hydrogen) atoms. The zero-order valence-electron chi connectivity index (χ0n) is 12.6. The van der Waals surface area contributed by atoms with E-state index in [0.29, 0.717) is 25.8 Å². The summed E-state index contributed by atoms with van der Waals surface area (Å²) < 4.78 is 5.77. The summed E-state index contributed by atoms with van der Waals surface area (Å²) in [5.41, 5.74) is 1.01. The molecule has 2 unspecified atom stereocenters. The molecular formula is C16H25NO3. The molecule has 1 amide bonds.